The monoisotopic (exact) mass is 199 g/mol. The molecule has 0 bridgehead atoms. The van der Waals surface area contributed by atoms with E-state index in [1.165, 1.54) is 0 Å². The number of carbonyl (C=O) groups is 1. The van der Waals surface area contributed by atoms with E-state index in [4.69, 9.17) is 0 Å². The molecule has 1 saturated heterocycles. The van der Waals surface area contributed by atoms with Crippen molar-refractivity contribution in [1.82, 2.24) is 4.90 Å². The number of piperazine rings is 1. The van der Waals surface area contributed by atoms with Crippen molar-refractivity contribution < 1.29 is 9.28 Å². The first-order valence-corrected chi connectivity index (χ1v) is 5.50. The maximum atomic E-state index is 11.7. The molecule has 1 rings (SSSR count). The number of hydrogen-bond donors (Lipinski definition) is 0. The first kappa shape index (κ1) is 11.5. The van der Waals surface area contributed by atoms with Gasteiger partial charge in [-0.15, -0.1) is 0 Å². The molecule has 0 unspecified atom stereocenters. The van der Waals surface area contributed by atoms with E-state index in [9.17, 15) is 4.79 Å². The van der Waals surface area contributed by atoms with Crippen LogP contribution in [0.2, 0.25) is 0 Å². The lowest BCUT2D eigenvalue weighted by Crippen LogP contribution is -2.56. The quantitative estimate of drug-likeness (QED) is 0.606. The summed E-state index contributed by atoms with van der Waals surface area (Å²) in [6, 6.07) is 0. The van der Waals surface area contributed by atoms with Crippen LogP contribution in [0.15, 0.2) is 0 Å². The molecule has 0 spiro atoms. The van der Waals surface area contributed by atoms with Crippen LogP contribution in [0.4, 0.5) is 0 Å². The van der Waals surface area contributed by atoms with Crippen molar-refractivity contribution in [3.8, 4) is 0 Å². The van der Waals surface area contributed by atoms with Gasteiger partial charge in [-0.25, -0.2) is 0 Å². The summed E-state index contributed by atoms with van der Waals surface area (Å²) in [5, 5.41) is 0. The molecular formula is C11H23N2O+. The van der Waals surface area contributed by atoms with E-state index >= 15 is 0 Å². The van der Waals surface area contributed by atoms with Gasteiger partial charge in [0.2, 0.25) is 5.91 Å². The third-order valence-electron chi connectivity index (χ3n) is 2.89. The van der Waals surface area contributed by atoms with E-state index in [1.54, 1.807) is 0 Å². The van der Waals surface area contributed by atoms with Crippen molar-refractivity contribution in [3.63, 3.8) is 0 Å². The summed E-state index contributed by atoms with van der Waals surface area (Å²) < 4.78 is 1.05. The van der Waals surface area contributed by atoms with Crippen LogP contribution < -0.4 is 0 Å². The van der Waals surface area contributed by atoms with Gasteiger partial charge in [0, 0.05) is 6.42 Å². The Morgan fingerprint density at radius 3 is 2.21 bits per heavy atom. The van der Waals surface area contributed by atoms with Gasteiger partial charge in [-0.05, 0) is 5.92 Å². The Balaban J connectivity index is 2.38. The van der Waals surface area contributed by atoms with E-state index < -0.39 is 0 Å². The van der Waals surface area contributed by atoms with E-state index in [-0.39, 0.29) is 0 Å². The van der Waals surface area contributed by atoms with Crippen molar-refractivity contribution in [1.29, 1.82) is 0 Å². The number of quaternary nitrogens is 1. The van der Waals surface area contributed by atoms with Crippen molar-refractivity contribution in [2.75, 3.05) is 40.3 Å². The van der Waals surface area contributed by atoms with Gasteiger partial charge in [-0.2, -0.15) is 0 Å². The first-order chi connectivity index (χ1) is 6.41. The second kappa shape index (κ2) is 4.30. The van der Waals surface area contributed by atoms with Crippen LogP contribution in [0.25, 0.3) is 0 Å². The van der Waals surface area contributed by atoms with Gasteiger partial charge < -0.3 is 9.38 Å². The molecule has 1 fully saturated rings. The van der Waals surface area contributed by atoms with Crippen molar-refractivity contribution in [2.45, 2.75) is 20.3 Å². The van der Waals surface area contributed by atoms with Gasteiger partial charge in [0.15, 0.2) is 0 Å². The number of hydrogen-bond acceptors (Lipinski definition) is 1. The molecule has 3 heteroatoms. The fourth-order valence-corrected chi connectivity index (χ4v) is 1.73. The molecular weight excluding hydrogens is 176 g/mol. The van der Waals surface area contributed by atoms with Gasteiger partial charge in [0.25, 0.3) is 0 Å². The van der Waals surface area contributed by atoms with Crippen LogP contribution in [-0.2, 0) is 4.79 Å². The number of carbonyl (C=O) groups excluding carboxylic acids is 1. The largest absolute Gasteiger partial charge is 0.331 e. The molecule has 1 aliphatic rings. The van der Waals surface area contributed by atoms with Gasteiger partial charge in [0.1, 0.15) is 0 Å². The smallest absolute Gasteiger partial charge is 0.223 e. The standard InChI is InChI=1S/C11H23N2O/c1-10(2)9-11(14)12-5-7-13(3,4)8-6-12/h10H,5-9H2,1-4H3/q+1. The summed E-state index contributed by atoms with van der Waals surface area (Å²) in [5.74, 6) is 0.812. The lowest BCUT2D eigenvalue weighted by Gasteiger charge is -2.39. The average Bonchev–Trinajstić information content (AvgIpc) is 2.02. The van der Waals surface area contributed by atoms with E-state index in [0.717, 1.165) is 30.7 Å². The lowest BCUT2D eigenvalue weighted by atomic mass is 10.1. The van der Waals surface area contributed by atoms with Gasteiger partial charge >= 0.3 is 0 Å². The molecule has 1 amide bonds. The number of nitrogens with zero attached hydrogens (tertiary/aromatic N) is 2. The van der Waals surface area contributed by atoms with Crippen LogP contribution in [0.3, 0.4) is 0 Å². The predicted octanol–water partition coefficient (Wildman–Crippen LogP) is 0.951. The molecule has 0 N–H and O–H groups in total. The molecule has 0 saturated carbocycles. The van der Waals surface area contributed by atoms with Crippen LogP contribution in [0.1, 0.15) is 20.3 Å². The highest BCUT2D eigenvalue weighted by Crippen LogP contribution is 2.10. The van der Waals surface area contributed by atoms with E-state index in [2.05, 4.69) is 27.9 Å². The molecule has 0 radical (unpaired) electrons. The zero-order chi connectivity index (χ0) is 10.8. The summed E-state index contributed by atoms with van der Waals surface area (Å²) in [4.78, 5) is 13.8. The van der Waals surface area contributed by atoms with Gasteiger partial charge in [0.05, 0.1) is 40.3 Å². The van der Waals surface area contributed by atoms with Crippen LogP contribution in [-0.4, -0.2) is 55.6 Å². The van der Waals surface area contributed by atoms with Crippen LogP contribution in [0.5, 0.6) is 0 Å². The Kier molecular flexibility index (Phi) is 3.53. The molecule has 0 aromatic heterocycles. The molecule has 0 aromatic rings. The maximum absolute atomic E-state index is 11.7. The minimum atomic E-state index is 0.333. The highest BCUT2D eigenvalue weighted by Gasteiger charge is 2.26. The van der Waals surface area contributed by atoms with Crippen LogP contribution >= 0.6 is 0 Å². The Morgan fingerprint density at radius 2 is 1.79 bits per heavy atom. The normalized spacial score (nSPS) is 21.4. The fourth-order valence-electron chi connectivity index (χ4n) is 1.73. The zero-order valence-electron chi connectivity index (χ0n) is 9.92. The minimum absolute atomic E-state index is 0.333. The Labute approximate surface area is 87.3 Å². The average molecular weight is 199 g/mol. The SMILES string of the molecule is CC(C)CC(=O)N1CC[N+](C)(C)CC1. The second-order valence-electron chi connectivity index (χ2n) is 5.36. The molecule has 0 atom stereocenters. The third kappa shape index (κ3) is 3.29. The van der Waals surface area contributed by atoms with Gasteiger partial charge in [-0.1, -0.05) is 13.8 Å². The fraction of sp³-hybridized carbons (Fsp3) is 0.909. The molecule has 82 valence electrons. The molecule has 14 heavy (non-hydrogen) atoms. The Morgan fingerprint density at radius 1 is 1.29 bits per heavy atom. The maximum Gasteiger partial charge on any atom is 0.223 e. The second-order valence-corrected chi connectivity index (χ2v) is 5.36. The number of rotatable bonds is 2. The lowest BCUT2D eigenvalue weighted by molar-refractivity contribution is -0.894. The molecule has 1 heterocycles. The highest BCUT2D eigenvalue weighted by molar-refractivity contribution is 5.76. The van der Waals surface area contributed by atoms with Crippen molar-refractivity contribution >= 4 is 5.91 Å². The summed E-state index contributed by atoms with van der Waals surface area (Å²) in [6.45, 7) is 8.23. The minimum Gasteiger partial charge on any atom is -0.331 e. The van der Waals surface area contributed by atoms with E-state index in [1.807, 2.05) is 4.90 Å². The zero-order valence-corrected chi connectivity index (χ0v) is 9.92. The summed E-state index contributed by atoms with van der Waals surface area (Å²) in [6.07, 6.45) is 0.702. The van der Waals surface area contributed by atoms with Gasteiger partial charge in [-0.3, -0.25) is 4.79 Å². The third-order valence-corrected chi connectivity index (χ3v) is 2.89. The molecule has 0 aliphatic carbocycles. The van der Waals surface area contributed by atoms with E-state index in [0.29, 0.717) is 18.2 Å². The van der Waals surface area contributed by atoms with Crippen molar-refractivity contribution in [2.24, 2.45) is 5.92 Å². The molecule has 0 aromatic carbocycles. The summed E-state index contributed by atoms with van der Waals surface area (Å²) in [7, 11) is 4.45. The highest BCUT2D eigenvalue weighted by atomic mass is 16.2. The number of likely N-dealkylation sites (N-methyl/N-ethyl adjacent to an activating group) is 1. The topological polar surface area (TPSA) is 20.3 Å². The van der Waals surface area contributed by atoms with Crippen molar-refractivity contribution in [3.05, 3.63) is 0 Å². The Bertz CT molecular complexity index is 201. The number of amides is 1. The van der Waals surface area contributed by atoms with Crippen LogP contribution in [0, 0.1) is 5.92 Å². The first-order valence-electron chi connectivity index (χ1n) is 5.50. The summed E-state index contributed by atoms with van der Waals surface area (Å²) in [5.41, 5.74) is 0. The summed E-state index contributed by atoms with van der Waals surface area (Å²) >= 11 is 0. The molecule has 1 aliphatic heterocycles. The Hall–Kier alpha value is -0.570. The molecule has 3 nitrogen and oxygen atoms in total. The predicted molar refractivity (Wildman–Crippen MR) is 57.9 cm³/mol.